The molecule has 2 fully saturated rings. The average Bonchev–Trinajstić information content (AvgIpc) is 2.62. The summed E-state index contributed by atoms with van der Waals surface area (Å²) in [7, 11) is 1.69. The van der Waals surface area contributed by atoms with Gasteiger partial charge in [0.15, 0.2) is 0 Å². The number of rotatable bonds is 5. The third-order valence-electron chi connectivity index (χ3n) is 5.13. The van der Waals surface area contributed by atoms with E-state index in [1.165, 1.54) is 12.1 Å². The number of hydrogen-bond donors (Lipinski definition) is 1. The van der Waals surface area contributed by atoms with Crippen molar-refractivity contribution in [1.82, 2.24) is 9.80 Å². The number of hydrogen-bond acceptors (Lipinski definition) is 5. The van der Waals surface area contributed by atoms with Crippen LogP contribution in [0.4, 0.5) is 5.69 Å². The molecule has 2 aliphatic rings. The molecule has 0 unspecified atom stereocenters. The lowest BCUT2D eigenvalue weighted by molar-refractivity contribution is -0.119. The van der Waals surface area contributed by atoms with Crippen LogP contribution >= 0.6 is 0 Å². The Labute approximate surface area is 144 Å². The fraction of sp³-hybridized carbons (Fsp3) is 0.611. The summed E-state index contributed by atoms with van der Waals surface area (Å²) in [6, 6.07) is 8.85. The van der Waals surface area contributed by atoms with Gasteiger partial charge in [-0.15, -0.1) is 0 Å². The maximum Gasteiger partial charge on any atom is 0.231 e. The molecule has 0 radical (unpaired) electrons. The van der Waals surface area contributed by atoms with Gasteiger partial charge in [-0.3, -0.25) is 14.6 Å². The minimum absolute atomic E-state index is 0.222. The molecule has 2 saturated heterocycles. The number of carbonyl (C=O) groups excluding carboxylic acids is 1. The van der Waals surface area contributed by atoms with Crippen molar-refractivity contribution in [2.45, 2.75) is 18.9 Å². The highest BCUT2D eigenvalue weighted by Crippen LogP contribution is 2.23. The predicted molar refractivity (Wildman–Crippen MR) is 95.4 cm³/mol. The van der Waals surface area contributed by atoms with E-state index in [1.807, 2.05) is 12.1 Å². The van der Waals surface area contributed by atoms with E-state index in [2.05, 4.69) is 26.8 Å². The van der Waals surface area contributed by atoms with Gasteiger partial charge in [-0.1, -0.05) is 0 Å². The van der Waals surface area contributed by atoms with Crippen LogP contribution in [-0.2, 0) is 4.79 Å². The number of amides is 1. The number of methoxy groups -OCH3 is 1. The quantitative estimate of drug-likeness (QED) is 0.863. The van der Waals surface area contributed by atoms with Gasteiger partial charge in [0.2, 0.25) is 5.91 Å². The summed E-state index contributed by atoms with van der Waals surface area (Å²) < 4.78 is 5.23. The van der Waals surface area contributed by atoms with E-state index >= 15 is 0 Å². The molecular weight excluding hydrogens is 304 g/mol. The fourth-order valence-electron chi connectivity index (χ4n) is 3.83. The molecule has 0 aliphatic carbocycles. The van der Waals surface area contributed by atoms with Crippen LogP contribution in [0.15, 0.2) is 24.3 Å². The number of piperazine rings is 1. The van der Waals surface area contributed by atoms with E-state index in [-0.39, 0.29) is 5.91 Å². The van der Waals surface area contributed by atoms with Crippen molar-refractivity contribution in [3.63, 3.8) is 0 Å². The van der Waals surface area contributed by atoms with Crippen LogP contribution in [0.3, 0.4) is 0 Å². The summed E-state index contributed by atoms with van der Waals surface area (Å²) in [6.45, 7) is 6.57. The zero-order chi connectivity index (χ0) is 16.9. The Morgan fingerprint density at radius 2 is 1.88 bits per heavy atom. The molecule has 0 spiro atoms. The van der Waals surface area contributed by atoms with E-state index in [1.54, 1.807) is 7.11 Å². The fourth-order valence-corrected chi connectivity index (χ4v) is 3.83. The lowest BCUT2D eigenvalue weighted by Gasteiger charge is -2.43. The molecule has 2 N–H and O–H groups in total. The number of carbonyl (C=O) groups is 1. The summed E-state index contributed by atoms with van der Waals surface area (Å²) in [4.78, 5) is 18.4. The summed E-state index contributed by atoms with van der Waals surface area (Å²) in [5.41, 5.74) is 6.60. The third kappa shape index (κ3) is 4.19. The first-order chi connectivity index (χ1) is 11.7. The van der Waals surface area contributed by atoms with Crippen molar-refractivity contribution >= 4 is 11.6 Å². The molecule has 6 nitrogen and oxygen atoms in total. The van der Waals surface area contributed by atoms with Gasteiger partial charge in [-0.05, 0) is 43.7 Å². The molecule has 0 aromatic heterocycles. The Bertz CT molecular complexity index is 540. The van der Waals surface area contributed by atoms with Gasteiger partial charge < -0.3 is 15.4 Å². The number of nitrogens with zero attached hydrogens (tertiary/aromatic N) is 3. The van der Waals surface area contributed by atoms with Crippen molar-refractivity contribution in [3.05, 3.63) is 24.3 Å². The molecule has 1 aromatic rings. The number of benzene rings is 1. The van der Waals surface area contributed by atoms with Gasteiger partial charge in [-0.2, -0.15) is 0 Å². The third-order valence-corrected chi connectivity index (χ3v) is 5.13. The van der Waals surface area contributed by atoms with E-state index < -0.39 is 0 Å². The van der Waals surface area contributed by atoms with Crippen LogP contribution in [0.5, 0.6) is 5.75 Å². The Morgan fingerprint density at radius 3 is 2.50 bits per heavy atom. The summed E-state index contributed by atoms with van der Waals surface area (Å²) in [5.74, 6) is 0.675. The van der Waals surface area contributed by atoms with E-state index in [9.17, 15) is 4.79 Å². The maximum atomic E-state index is 11.1. The molecule has 24 heavy (non-hydrogen) atoms. The number of anilines is 1. The van der Waals surface area contributed by atoms with Crippen molar-refractivity contribution in [2.24, 2.45) is 5.73 Å². The molecule has 132 valence electrons. The Balaban J connectivity index is 1.51. The Hall–Kier alpha value is -1.79. The summed E-state index contributed by atoms with van der Waals surface area (Å²) in [6.07, 6.45) is 2.37. The van der Waals surface area contributed by atoms with Crippen molar-refractivity contribution in [2.75, 3.05) is 57.8 Å². The number of nitrogens with two attached hydrogens (primary N) is 1. The van der Waals surface area contributed by atoms with Crippen LogP contribution in [-0.4, -0.2) is 74.7 Å². The van der Waals surface area contributed by atoms with E-state index in [4.69, 9.17) is 10.5 Å². The van der Waals surface area contributed by atoms with Crippen molar-refractivity contribution in [1.29, 1.82) is 0 Å². The molecule has 0 bridgehead atoms. The lowest BCUT2D eigenvalue weighted by atomic mass is 10.0. The molecule has 2 aliphatic heterocycles. The second-order valence-electron chi connectivity index (χ2n) is 6.72. The highest BCUT2D eigenvalue weighted by atomic mass is 16.5. The van der Waals surface area contributed by atoms with Gasteiger partial charge in [0, 0.05) is 44.5 Å². The lowest BCUT2D eigenvalue weighted by Crippen LogP contribution is -2.55. The summed E-state index contributed by atoms with van der Waals surface area (Å²) in [5, 5.41) is 0. The predicted octanol–water partition coefficient (Wildman–Crippen LogP) is 0.767. The Morgan fingerprint density at radius 1 is 1.17 bits per heavy atom. The number of ether oxygens (including phenoxy) is 1. The van der Waals surface area contributed by atoms with E-state index in [0.717, 1.165) is 51.4 Å². The van der Waals surface area contributed by atoms with E-state index in [0.29, 0.717) is 12.6 Å². The second kappa shape index (κ2) is 7.85. The van der Waals surface area contributed by atoms with Gasteiger partial charge in [0.25, 0.3) is 0 Å². The van der Waals surface area contributed by atoms with Crippen LogP contribution in [0.25, 0.3) is 0 Å². The molecule has 1 amide bonds. The Kier molecular flexibility index (Phi) is 5.58. The van der Waals surface area contributed by atoms with Crippen LogP contribution in [0, 0.1) is 0 Å². The van der Waals surface area contributed by atoms with Gasteiger partial charge in [0.1, 0.15) is 5.75 Å². The number of piperidine rings is 1. The molecular formula is C18H28N4O2. The monoisotopic (exact) mass is 332 g/mol. The molecule has 3 rings (SSSR count). The molecule has 2 heterocycles. The first-order valence-electron chi connectivity index (χ1n) is 8.79. The molecule has 6 heteroatoms. The zero-order valence-corrected chi connectivity index (χ0v) is 14.5. The topological polar surface area (TPSA) is 62.0 Å². The maximum absolute atomic E-state index is 11.1. The highest BCUT2D eigenvalue weighted by molar-refractivity contribution is 5.75. The van der Waals surface area contributed by atoms with Crippen LogP contribution in [0.2, 0.25) is 0 Å². The largest absolute Gasteiger partial charge is 0.497 e. The molecule has 1 aromatic carbocycles. The minimum atomic E-state index is -0.222. The van der Waals surface area contributed by atoms with Crippen molar-refractivity contribution < 1.29 is 9.53 Å². The first kappa shape index (κ1) is 17.0. The van der Waals surface area contributed by atoms with Crippen LogP contribution in [0.1, 0.15) is 12.8 Å². The molecule has 0 saturated carbocycles. The van der Waals surface area contributed by atoms with Crippen molar-refractivity contribution in [3.8, 4) is 5.75 Å². The normalized spacial score (nSPS) is 23.2. The standard InChI is InChI=1S/C18H28N4O2/c1-24-17-6-4-15(5-7-17)21-9-11-22(12-10-21)16-3-2-8-20(13-16)14-18(19)23/h4-7,16H,2-3,8-14H2,1H3,(H2,19,23)/t16-/m1/s1. The smallest absolute Gasteiger partial charge is 0.231 e. The van der Waals surface area contributed by atoms with Gasteiger partial charge in [0.05, 0.1) is 13.7 Å². The molecule has 1 atom stereocenters. The zero-order valence-electron chi connectivity index (χ0n) is 14.5. The minimum Gasteiger partial charge on any atom is -0.497 e. The second-order valence-corrected chi connectivity index (χ2v) is 6.72. The summed E-state index contributed by atoms with van der Waals surface area (Å²) >= 11 is 0. The first-order valence-corrected chi connectivity index (χ1v) is 8.79. The average molecular weight is 332 g/mol. The number of primary amides is 1. The van der Waals surface area contributed by atoms with Gasteiger partial charge in [-0.25, -0.2) is 0 Å². The SMILES string of the molecule is COc1ccc(N2CCN([C@@H]3CCCN(CC(N)=O)C3)CC2)cc1. The van der Waals surface area contributed by atoms with Crippen LogP contribution < -0.4 is 15.4 Å². The highest BCUT2D eigenvalue weighted by Gasteiger charge is 2.28. The number of likely N-dealkylation sites (tertiary alicyclic amines) is 1. The van der Waals surface area contributed by atoms with Gasteiger partial charge >= 0.3 is 0 Å².